The SMILES string of the molecule is Cc1[nH][nH]c2nc(F)c3ccc(=O)c(F)c3c12. The van der Waals surface area contributed by atoms with Crippen molar-refractivity contribution in [2.75, 3.05) is 0 Å². The van der Waals surface area contributed by atoms with E-state index >= 15 is 0 Å². The average molecular weight is 235 g/mol. The summed E-state index contributed by atoms with van der Waals surface area (Å²) in [5.41, 5.74) is 0.0315. The Hall–Kier alpha value is -2.24. The lowest BCUT2D eigenvalue weighted by molar-refractivity contribution is 0.596. The van der Waals surface area contributed by atoms with Crippen LogP contribution in [0.15, 0.2) is 16.9 Å². The van der Waals surface area contributed by atoms with Crippen molar-refractivity contribution in [3.63, 3.8) is 0 Å². The van der Waals surface area contributed by atoms with Crippen molar-refractivity contribution in [3.05, 3.63) is 39.8 Å². The normalized spacial score (nSPS) is 11.5. The number of benzene rings is 1. The molecule has 2 N–H and O–H groups in total. The number of hydrogen-bond acceptors (Lipinski definition) is 2. The van der Waals surface area contributed by atoms with E-state index < -0.39 is 17.2 Å². The monoisotopic (exact) mass is 235 g/mol. The second kappa shape index (κ2) is 3.13. The Morgan fingerprint density at radius 2 is 1.94 bits per heavy atom. The molecule has 1 aromatic carbocycles. The average Bonchev–Trinajstić information content (AvgIpc) is 2.65. The largest absolute Gasteiger partial charge is 0.303 e. The molecule has 0 saturated carbocycles. The third-order valence-corrected chi connectivity index (χ3v) is 2.77. The molecule has 0 spiro atoms. The minimum atomic E-state index is -0.954. The maximum Gasteiger partial charge on any atom is 0.222 e. The molecule has 6 heteroatoms. The predicted molar refractivity (Wildman–Crippen MR) is 58.9 cm³/mol. The molecule has 86 valence electrons. The highest BCUT2D eigenvalue weighted by Gasteiger charge is 2.16. The highest BCUT2D eigenvalue weighted by molar-refractivity contribution is 6.06. The van der Waals surface area contributed by atoms with Crippen molar-refractivity contribution >= 4 is 21.8 Å². The van der Waals surface area contributed by atoms with Gasteiger partial charge in [-0.05, 0) is 19.1 Å². The van der Waals surface area contributed by atoms with Gasteiger partial charge in [0.25, 0.3) is 0 Å². The molecule has 0 unspecified atom stereocenters. The zero-order valence-corrected chi connectivity index (χ0v) is 8.77. The van der Waals surface area contributed by atoms with Gasteiger partial charge in [-0.15, -0.1) is 0 Å². The first-order chi connectivity index (χ1) is 8.09. The van der Waals surface area contributed by atoms with E-state index in [0.29, 0.717) is 11.1 Å². The van der Waals surface area contributed by atoms with Crippen molar-refractivity contribution in [1.29, 1.82) is 0 Å². The third kappa shape index (κ3) is 1.20. The summed E-state index contributed by atoms with van der Waals surface area (Å²) < 4.78 is 27.5. The number of aromatic nitrogens is 3. The fraction of sp³-hybridized carbons (Fsp3) is 0.0909. The lowest BCUT2D eigenvalue weighted by Crippen LogP contribution is -2.05. The van der Waals surface area contributed by atoms with E-state index in [4.69, 9.17) is 0 Å². The molecule has 2 aromatic heterocycles. The standard InChI is InChI=1S/C11H7F2N3O/c1-4-7-8-5(2-3-6(17)9(8)12)10(13)14-11(7)16-15-4/h2-3H,1H3,(H2,14,15,16). The summed E-state index contributed by atoms with van der Waals surface area (Å²) in [5.74, 6) is -1.76. The number of aryl methyl sites for hydroxylation is 1. The van der Waals surface area contributed by atoms with Gasteiger partial charge < -0.3 is 5.10 Å². The Kier molecular flexibility index (Phi) is 1.83. The van der Waals surface area contributed by atoms with Crippen LogP contribution in [0.25, 0.3) is 21.8 Å². The minimum absolute atomic E-state index is 0.00528. The van der Waals surface area contributed by atoms with Crippen molar-refractivity contribution < 1.29 is 8.78 Å². The molecule has 0 fully saturated rings. The predicted octanol–water partition coefficient (Wildman–Crippen LogP) is 1.99. The smallest absolute Gasteiger partial charge is 0.222 e. The highest BCUT2D eigenvalue weighted by Crippen LogP contribution is 2.27. The molecule has 0 aliphatic carbocycles. The van der Waals surface area contributed by atoms with Gasteiger partial charge in [0.2, 0.25) is 11.4 Å². The van der Waals surface area contributed by atoms with Gasteiger partial charge in [0.1, 0.15) is 0 Å². The Morgan fingerprint density at radius 1 is 1.18 bits per heavy atom. The van der Waals surface area contributed by atoms with Crippen LogP contribution in [0.3, 0.4) is 0 Å². The van der Waals surface area contributed by atoms with Crippen LogP contribution < -0.4 is 5.43 Å². The first kappa shape index (κ1) is 9.95. The van der Waals surface area contributed by atoms with Crippen molar-refractivity contribution in [3.8, 4) is 0 Å². The van der Waals surface area contributed by atoms with Gasteiger partial charge in [0.15, 0.2) is 11.5 Å². The summed E-state index contributed by atoms with van der Waals surface area (Å²) in [6.45, 7) is 1.69. The summed E-state index contributed by atoms with van der Waals surface area (Å²) >= 11 is 0. The molecule has 0 amide bonds. The second-order valence-corrected chi connectivity index (χ2v) is 3.80. The highest BCUT2D eigenvalue weighted by atomic mass is 19.1. The quantitative estimate of drug-likeness (QED) is 0.585. The summed E-state index contributed by atoms with van der Waals surface area (Å²) in [6.07, 6.45) is 0. The molecule has 3 aromatic rings. The van der Waals surface area contributed by atoms with Crippen LogP contribution in [-0.4, -0.2) is 15.2 Å². The molecule has 0 saturated heterocycles. The number of halogens is 2. The van der Waals surface area contributed by atoms with Crippen LogP contribution in [0.1, 0.15) is 5.69 Å². The van der Waals surface area contributed by atoms with Gasteiger partial charge >= 0.3 is 0 Å². The van der Waals surface area contributed by atoms with Gasteiger partial charge in [0.05, 0.1) is 5.39 Å². The molecule has 17 heavy (non-hydrogen) atoms. The summed E-state index contributed by atoms with van der Waals surface area (Å²) in [6, 6.07) is 2.24. The Labute approximate surface area is 93.3 Å². The zero-order valence-electron chi connectivity index (χ0n) is 8.77. The minimum Gasteiger partial charge on any atom is -0.303 e. The van der Waals surface area contributed by atoms with E-state index in [9.17, 15) is 13.6 Å². The first-order valence-electron chi connectivity index (χ1n) is 4.94. The fourth-order valence-corrected chi connectivity index (χ4v) is 1.98. The van der Waals surface area contributed by atoms with Crippen LogP contribution in [0.5, 0.6) is 0 Å². The van der Waals surface area contributed by atoms with Crippen LogP contribution in [0.2, 0.25) is 0 Å². The Balaban J connectivity index is 2.75. The molecular formula is C11H7F2N3O. The van der Waals surface area contributed by atoms with Crippen LogP contribution in [0, 0.1) is 18.7 Å². The van der Waals surface area contributed by atoms with Crippen LogP contribution in [-0.2, 0) is 0 Å². The van der Waals surface area contributed by atoms with Crippen LogP contribution in [0.4, 0.5) is 8.78 Å². The molecule has 2 heterocycles. The van der Waals surface area contributed by atoms with Crippen LogP contribution >= 0.6 is 0 Å². The molecule has 0 radical (unpaired) electrons. The van der Waals surface area contributed by atoms with Gasteiger partial charge in [-0.2, -0.15) is 9.37 Å². The van der Waals surface area contributed by atoms with E-state index in [1.165, 1.54) is 6.07 Å². The maximum atomic E-state index is 13.8. The summed E-state index contributed by atoms with van der Waals surface area (Å²) in [4.78, 5) is 15.0. The van der Waals surface area contributed by atoms with E-state index in [2.05, 4.69) is 15.2 Å². The number of pyridine rings is 1. The van der Waals surface area contributed by atoms with E-state index in [0.717, 1.165) is 6.07 Å². The number of rotatable bonds is 0. The number of fused-ring (bicyclic) bond motifs is 3. The lowest BCUT2D eigenvalue weighted by atomic mass is 10.1. The van der Waals surface area contributed by atoms with Gasteiger partial charge in [-0.1, -0.05) is 0 Å². The van der Waals surface area contributed by atoms with Crippen molar-refractivity contribution in [1.82, 2.24) is 15.2 Å². The van der Waals surface area contributed by atoms with E-state index in [1.807, 2.05) is 0 Å². The maximum absolute atomic E-state index is 13.8. The lowest BCUT2D eigenvalue weighted by Gasteiger charge is -2.01. The topological polar surface area (TPSA) is 61.5 Å². The first-order valence-corrected chi connectivity index (χ1v) is 4.94. The molecule has 0 aliphatic heterocycles. The number of hydrogen-bond donors (Lipinski definition) is 2. The summed E-state index contributed by atoms with van der Waals surface area (Å²) in [7, 11) is 0. The van der Waals surface area contributed by atoms with E-state index in [-0.39, 0.29) is 16.4 Å². The number of aromatic amines is 2. The molecular weight excluding hydrogens is 228 g/mol. The van der Waals surface area contributed by atoms with Gasteiger partial charge in [-0.3, -0.25) is 9.89 Å². The summed E-state index contributed by atoms with van der Waals surface area (Å²) in [5, 5.41) is 5.71. The molecule has 0 bridgehead atoms. The number of nitrogens with one attached hydrogen (secondary N) is 2. The zero-order chi connectivity index (χ0) is 12.2. The van der Waals surface area contributed by atoms with Gasteiger partial charge in [0, 0.05) is 16.5 Å². The van der Waals surface area contributed by atoms with Crippen molar-refractivity contribution in [2.24, 2.45) is 0 Å². The molecule has 4 nitrogen and oxygen atoms in total. The number of nitrogens with zero attached hydrogens (tertiary/aromatic N) is 1. The fourth-order valence-electron chi connectivity index (χ4n) is 1.98. The number of H-pyrrole nitrogens is 2. The van der Waals surface area contributed by atoms with Crippen molar-refractivity contribution in [2.45, 2.75) is 6.92 Å². The molecule has 0 aliphatic rings. The Bertz CT molecular complexity index is 804. The van der Waals surface area contributed by atoms with E-state index in [1.54, 1.807) is 6.92 Å². The molecule has 3 rings (SSSR count). The molecule has 0 atom stereocenters. The second-order valence-electron chi connectivity index (χ2n) is 3.80. The Morgan fingerprint density at radius 3 is 2.71 bits per heavy atom. The van der Waals surface area contributed by atoms with Gasteiger partial charge in [-0.25, -0.2) is 4.39 Å². The third-order valence-electron chi connectivity index (χ3n) is 2.77.